The minimum absolute atomic E-state index is 0.127. The predicted octanol–water partition coefficient (Wildman–Crippen LogP) is 3.12. The number of benzene rings is 1. The van der Waals surface area contributed by atoms with Gasteiger partial charge in [0.2, 0.25) is 5.91 Å². The molecule has 1 aliphatic rings. The summed E-state index contributed by atoms with van der Waals surface area (Å²) in [6.07, 6.45) is 5.86. The van der Waals surface area contributed by atoms with Crippen molar-refractivity contribution in [1.82, 2.24) is 29.5 Å². The zero-order chi connectivity index (χ0) is 23.3. The van der Waals surface area contributed by atoms with Crippen molar-refractivity contribution >= 4 is 34.8 Å². The Kier molecular flexibility index (Phi) is 4.89. The minimum atomic E-state index is -1.20. The number of aromatic nitrogens is 6. The molecule has 0 spiro atoms. The lowest BCUT2D eigenvalue weighted by molar-refractivity contribution is -0.119. The minimum Gasteiger partial charge on any atom is -0.506 e. The van der Waals surface area contributed by atoms with Gasteiger partial charge in [0, 0.05) is 0 Å². The molecule has 0 radical (unpaired) electrons. The van der Waals surface area contributed by atoms with Gasteiger partial charge in [-0.05, 0) is 37.5 Å². The molecule has 168 valence electrons. The number of amides is 1. The molecule has 1 amide bonds. The van der Waals surface area contributed by atoms with E-state index in [9.17, 15) is 9.90 Å². The Labute approximate surface area is 193 Å². The second-order valence-electron chi connectivity index (χ2n) is 8.11. The summed E-state index contributed by atoms with van der Waals surface area (Å²) in [5.74, 6) is 0.249. The molecular formula is C22H21ClN8O2. The topological polar surface area (TPSA) is 144 Å². The molecular weight excluding hydrogens is 444 g/mol. The molecule has 0 fully saturated rings. The van der Waals surface area contributed by atoms with Gasteiger partial charge in [-0.25, -0.2) is 24.5 Å². The number of nitrogen functional groups attached to an aromatic ring is 1. The molecule has 33 heavy (non-hydrogen) atoms. The van der Waals surface area contributed by atoms with Crippen LogP contribution in [0, 0.1) is 0 Å². The van der Waals surface area contributed by atoms with E-state index in [-0.39, 0.29) is 28.3 Å². The first-order valence-electron chi connectivity index (χ1n) is 10.5. The lowest BCUT2D eigenvalue weighted by Crippen LogP contribution is -2.32. The fourth-order valence-corrected chi connectivity index (χ4v) is 4.25. The Balaban J connectivity index is 1.64. The van der Waals surface area contributed by atoms with Crippen LogP contribution in [0.3, 0.4) is 0 Å². The number of carbonyl (C=O) groups is 1. The number of nitrogens with two attached hydrogens (primary N) is 1. The van der Waals surface area contributed by atoms with Gasteiger partial charge >= 0.3 is 0 Å². The van der Waals surface area contributed by atoms with Crippen LogP contribution in [0.4, 0.5) is 11.6 Å². The van der Waals surface area contributed by atoms with Gasteiger partial charge in [-0.2, -0.15) is 5.10 Å². The molecule has 1 aromatic carbocycles. The van der Waals surface area contributed by atoms with Crippen LogP contribution in [0.15, 0.2) is 30.7 Å². The summed E-state index contributed by atoms with van der Waals surface area (Å²) >= 11 is 5.95. The number of halogens is 1. The molecule has 5 rings (SSSR count). The molecule has 4 N–H and O–H groups in total. The number of aromatic hydroxyl groups is 1. The first kappa shape index (κ1) is 21.1. The largest absolute Gasteiger partial charge is 0.506 e. The molecule has 1 aliphatic heterocycles. The van der Waals surface area contributed by atoms with Gasteiger partial charge in [-0.15, -0.1) is 0 Å². The average Bonchev–Trinajstić information content (AvgIpc) is 3.37. The van der Waals surface area contributed by atoms with Gasteiger partial charge in [0.15, 0.2) is 11.5 Å². The maximum atomic E-state index is 13.1. The van der Waals surface area contributed by atoms with Gasteiger partial charge in [-0.3, -0.25) is 4.79 Å². The highest BCUT2D eigenvalue weighted by Gasteiger charge is 2.47. The lowest BCUT2D eigenvalue weighted by Gasteiger charge is -2.23. The van der Waals surface area contributed by atoms with E-state index in [0.29, 0.717) is 28.3 Å². The van der Waals surface area contributed by atoms with Crippen molar-refractivity contribution in [3.05, 3.63) is 52.6 Å². The maximum Gasteiger partial charge on any atom is 0.240 e. The average molecular weight is 465 g/mol. The molecule has 0 saturated heterocycles. The molecule has 0 unspecified atom stereocenters. The highest BCUT2D eigenvalue weighted by atomic mass is 35.5. The van der Waals surface area contributed by atoms with E-state index >= 15 is 0 Å². The number of aryl methyl sites for hydroxylation is 1. The molecule has 0 saturated carbocycles. The van der Waals surface area contributed by atoms with Gasteiger partial charge in [-0.1, -0.05) is 31.0 Å². The second kappa shape index (κ2) is 7.66. The first-order chi connectivity index (χ1) is 15.8. The zero-order valence-electron chi connectivity index (χ0n) is 18.0. The normalized spacial score (nSPS) is 17.4. The summed E-state index contributed by atoms with van der Waals surface area (Å²) in [7, 11) is 0. The van der Waals surface area contributed by atoms with Crippen molar-refractivity contribution in [3.8, 4) is 17.3 Å². The fraction of sp³-hybridized carbons (Fsp3) is 0.273. The smallest absolute Gasteiger partial charge is 0.240 e. The molecule has 0 bridgehead atoms. The van der Waals surface area contributed by atoms with Gasteiger partial charge < -0.3 is 16.2 Å². The molecule has 11 heteroatoms. The quantitative estimate of drug-likeness (QED) is 0.408. The third-order valence-corrected chi connectivity index (χ3v) is 6.29. The highest BCUT2D eigenvalue weighted by Crippen LogP contribution is 2.46. The Morgan fingerprint density at radius 3 is 2.85 bits per heavy atom. The summed E-state index contributed by atoms with van der Waals surface area (Å²) in [6.45, 7) is 3.81. The summed E-state index contributed by atoms with van der Waals surface area (Å²) < 4.78 is 1.64. The van der Waals surface area contributed by atoms with Crippen molar-refractivity contribution in [1.29, 1.82) is 0 Å². The van der Waals surface area contributed by atoms with Crippen molar-refractivity contribution in [3.63, 3.8) is 0 Å². The van der Waals surface area contributed by atoms with E-state index in [1.54, 1.807) is 23.7 Å². The Bertz CT molecular complexity index is 1420. The van der Waals surface area contributed by atoms with E-state index in [1.807, 2.05) is 0 Å². The van der Waals surface area contributed by atoms with Crippen LogP contribution in [-0.4, -0.2) is 40.6 Å². The number of anilines is 2. The van der Waals surface area contributed by atoms with E-state index in [0.717, 1.165) is 25.0 Å². The molecule has 4 heterocycles. The number of fused-ring (bicyclic) bond motifs is 2. The second-order valence-corrected chi connectivity index (χ2v) is 8.51. The monoisotopic (exact) mass is 464 g/mol. The SMILES string of the molecule is CCCCc1nc(-c2nc(N)c3c(n2)NC(=O)[C@]3(C)c2ccc(Cl)c(O)c2)cn2ncnc12. The van der Waals surface area contributed by atoms with E-state index < -0.39 is 5.41 Å². The van der Waals surface area contributed by atoms with Crippen molar-refractivity contribution in [2.24, 2.45) is 0 Å². The zero-order valence-corrected chi connectivity index (χ0v) is 18.8. The predicted molar refractivity (Wildman–Crippen MR) is 123 cm³/mol. The number of hydrogen-bond donors (Lipinski definition) is 3. The maximum absolute atomic E-state index is 13.1. The fourth-order valence-electron chi connectivity index (χ4n) is 4.13. The van der Waals surface area contributed by atoms with Crippen LogP contribution >= 0.6 is 11.6 Å². The van der Waals surface area contributed by atoms with E-state index in [1.165, 1.54) is 18.5 Å². The number of rotatable bonds is 5. The van der Waals surface area contributed by atoms with Crippen LogP contribution in [0.5, 0.6) is 5.75 Å². The van der Waals surface area contributed by atoms with Gasteiger partial charge in [0.25, 0.3) is 0 Å². The third-order valence-electron chi connectivity index (χ3n) is 5.97. The van der Waals surface area contributed by atoms with Crippen molar-refractivity contribution in [2.45, 2.75) is 38.5 Å². The lowest BCUT2D eigenvalue weighted by atomic mass is 9.77. The van der Waals surface area contributed by atoms with E-state index in [4.69, 9.17) is 22.3 Å². The van der Waals surface area contributed by atoms with Crippen LogP contribution in [0.1, 0.15) is 43.5 Å². The molecule has 4 aromatic rings. The summed E-state index contributed by atoms with van der Waals surface area (Å²) in [5, 5.41) is 17.3. The van der Waals surface area contributed by atoms with Gasteiger partial charge in [0.1, 0.15) is 34.8 Å². The number of carbonyl (C=O) groups excluding carboxylic acids is 1. The van der Waals surface area contributed by atoms with Crippen LogP contribution in [0.25, 0.3) is 17.2 Å². The summed E-state index contributed by atoms with van der Waals surface area (Å²) in [4.78, 5) is 31.1. The van der Waals surface area contributed by atoms with E-state index in [2.05, 4.69) is 32.3 Å². The Morgan fingerprint density at radius 1 is 1.27 bits per heavy atom. The number of nitrogens with zero attached hydrogens (tertiary/aromatic N) is 6. The van der Waals surface area contributed by atoms with Crippen LogP contribution in [0.2, 0.25) is 5.02 Å². The molecule has 0 aliphatic carbocycles. The molecule has 3 aromatic heterocycles. The number of unbranched alkanes of at least 4 members (excludes halogenated alkanes) is 1. The van der Waals surface area contributed by atoms with Crippen LogP contribution in [-0.2, 0) is 16.6 Å². The third kappa shape index (κ3) is 3.25. The van der Waals surface area contributed by atoms with Crippen LogP contribution < -0.4 is 11.1 Å². The van der Waals surface area contributed by atoms with Crippen molar-refractivity contribution < 1.29 is 9.90 Å². The number of nitrogens with one attached hydrogen (secondary N) is 1. The number of phenols is 1. The molecule has 1 atom stereocenters. The Hall–Kier alpha value is -3.79. The Morgan fingerprint density at radius 2 is 2.09 bits per heavy atom. The summed E-state index contributed by atoms with van der Waals surface area (Å²) in [5.41, 5.74) is 8.08. The summed E-state index contributed by atoms with van der Waals surface area (Å²) in [6, 6.07) is 4.65. The number of hydrogen-bond acceptors (Lipinski definition) is 8. The standard InChI is InChI=1S/C22H21ClN8O2/c1-3-4-5-13-20-25-10-26-31(20)9-14(27-13)18-28-17(24)16-19(29-18)30-21(33)22(16,2)11-6-7-12(23)15(32)8-11/h6-10,32H,3-5H2,1-2H3,(H3,24,28,29,30,33)/t22-/m1/s1. The van der Waals surface area contributed by atoms with Gasteiger partial charge in [0.05, 0.1) is 22.5 Å². The highest BCUT2D eigenvalue weighted by molar-refractivity contribution is 6.32. The number of phenolic OH excluding ortho intramolecular Hbond substituents is 1. The molecule has 10 nitrogen and oxygen atoms in total. The van der Waals surface area contributed by atoms with Crippen molar-refractivity contribution in [2.75, 3.05) is 11.1 Å². The first-order valence-corrected chi connectivity index (χ1v) is 10.9.